The van der Waals surface area contributed by atoms with Crippen molar-refractivity contribution in [3.05, 3.63) is 34.8 Å². The van der Waals surface area contributed by atoms with Crippen molar-refractivity contribution >= 4 is 19.8 Å². The number of furan rings is 1. The Labute approximate surface area is 345 Å². The number of phosphoric acid groups is 1. The summed E-state index contributed by atoms with van der Waals surface area (Å²) in [7, 11) is 1.35. The van der Waals surface area contributed by atoms with Gasteiger partial charge in [0.25, 0.3) is 0 Å². The Morgan fingerprint density at radius 3 is 1.95 bits per heavy atom. The molecule has 4 atom stereocenters. The van der Waals surface area contributed by atoms with Gasteiger partial charge < -0.3 is 33.5 Å². The zero-order chi connectivity index (χ0) is 42.5. The summed E-state index contributed by atoms with van der Waals surface area (Å²) in [4.78, 5) is 35.5. The summed E-state index contributed by atoms with van der Waals surface area (Å²) < 4.78 is 40.3. The van der Waals surface area contributed by atoms with Crippen molar-refractivity contribution in [2.75, 3.05) is 47.5 Å². The Morgan fingerprint density at radius 1 is 0.719 bits per heavy atom. The highest BCUT2D eigenvalue weighted by atomic mass is 31.2. The van der Waals surface area contributed by atoms with Crippen LogP contribution in [0, 0.1) is 13.8 Å². The number of aryl methyl sites for hydroxylation is 2. The number of hydrogen-bond acceptors (Lipinski definition) is 10. The van der Waals surface area contributed by atoms with Gasteiger partial charge in [0.2, 0.25) is 0 Å². The molecule has 1 aromatic heterocycles. The number of carbonyl (C=O) groups excluding carboxylic acids is 2. The van der Waals surface area contributed by atoms with Gasteiger partial charge in [-0.2, -0.15) is 0 Å². The second kappa shape index (κ2) is 30.9. The fraction of sp³-hybridized carbons (Fsp3) is 0.818. The average molecular weight is 831 g/mol. The van der Waals surface area contributed by atoms with Crippen LogP contribution in [0.3, 0.4) is 0 Å². The van der Waals surface area contributed by atoms with E-state index in [0.29, 0.717) is 36.7 Å². The van der Waals surface area contributed by atoms with E-state index >= 15 is 0 Å². The number of aliphatic hydroxyl groups excluding tert-OH is 2. The van der Waals surface area contributed by atoms with Gasteiger partial charge in [0, 0.05) is 25.7 Å². The minimum absolute atomic E-state index is 0.00393. The Balaban J connectivity index is 2.41. The number of esters is 2. The van der Waals surface area contributed by atoms with Crippen molar-refractivity contribution in [2.45, 2.75) is 187 Å². The van der Waals surface area contributed by atoms with E-state index in [1.807, 2.05) is 27.2 Å². The number of phosphoric ester groups is 1. The molecule has 57 heavy (non-hydrogen) atoms. The van der Waals surface area contributed by atoms with Gasteiger partial charge in [-0.15, -0.1) is 0 Å². The number of carbonyl (C=O) groups is 2. The Kier molecular flexibility index (Phi) is 28.7. The Bertz CT molecular complexity index is 1290. The number of unbranched alkanes of at least 4 members (excludes halogenated alkanes) is 12. The monoisotopic (exact) mass is 831 g/mol. The van der Waals surface area contributed by atoms with Gasteiger partial charge in [-0.3, -0.25) is 18.6 Å². The van der Waals surface area contributed by atoms with Crippen molar-refractivity contribution in [1.82, 2.24) is 0 Å². The molecule has 1 heterocycles. The number of nitrogens with zero attached hydrogens (tertiary/aromatic N) is 1. The first-order valence-electron chi connectivity index (χ1n) is 21.9. The Hall–Kier alpha value is -2.05. The molecule has 0 saturated carbocycles. The van der Waals surface area contributed by atoms with Gasteiger partial charge in [-0.25, -0.2) is 4.57 Å². The van der Waals surface area contributed by atoms with E-state index in [-0.39, 0.29) is 26.1 Å². The third kappa shape index (κ3) is 27.4. The van der Waals surface area contributed by atoms with Crippen LogP contribution in [0.5, 0.6) is 0 Å². The maximum Gasteiger partial charge on any atom is 0.472 e. The minimum atomic E-state index is -4.43. The van der Waals surface area contributed by atoms with E-state index in [0.717, 1.165) is 101 Å². The van der Waals surface area contributed by atoms with Crippen LogP contribution >= 0.6 is 7.82 Å². The second-order valence-corrected chi connectivity index (χ2v) is 18.1. The van der Waals surface area contributed by atoms with Crippen LogP contribution in [0.4, 0.5) is 0 Å². The van der Waals surface area contributed by atoms with E-state index in [4.69, 9.17) is 22.9 Å². The number of likely N-dealkylation sites (N-methyl/N-ethyl adjacent to an activating group) is 1. The lowest BCUT2D eigenvalue weighted by molar-refractivity contribution is -0.870. The predicted molar refractivity (Wildman–Crippen MR) is 226 cm³/mol. The highest BCUT2D eigenvalue weighted by Crippen LogP contribution is 2.43. The lowest BCUT2D eigenvalue weighted by Crippen LogP contribution is -2.37. The summed E-state index contributed by atoms with van der Waals surface area (Å²) >= 11 is 0. The van der Waals surface area contributed by atoms with E-state index in [9.17, 15) is 29.3 Å². The molecule has 1 aromatic rings. The molecule has 0 bridgehead atoms. The molecular formula is C44H81NO11P+. The van der Waals surface area contributed by atoms with E-state index < -0.39 is 44.7 Å². The molecule has 3 N–H and O–H groups in total. The van der Waals surface area contributed by atoms with Crippen LogP contribution in [-0.4, -0.2) is 97.3 Å². The summed E-state index contributed by atoms with van der Waals surface area (Å²) in [5.41, 5.74) is 2.56. The number of rotatable bonds is 36. The molecule has 0 amide bonds. The third-order valence-electron chi connectivity index (χ3n) is 10.2. The van der Waals surface area contributed by atoms with Crippen LogP contribution in [0.1, 0.15) is 165 Å². The number of allylic oxidation sites excluding steroid dienone is 1. The molecule has 13 heteroatoms. The first-order valence-corrected chi connectivity index (χ1v) is 23.4. The predicted octanol–water partition coefficient (Wildman–Crippen LogP) is 9.40. The van der Waals surface area contributed by atoms with Gasteiger partial charge >= 0.3 is 19.8 Å². The normalized spacial score (nSPS) is 14.8. The summed E-state index contributed by atoms with van der Waals surface area (Å²) in [6.45, 7) is 8.33. The number of ether oxygens (including phenoxy) is 2. The minimum Gasteiger partial charge on any atom is -0.466 e. The van der Waals surface area contributed by atoms with Gasteiger partial charge in [-0.05, 0) is 76.3 Å². The maximum absolute atomic E-state index is 12.7. The van der Waals surface area contributed by atoms with Crippen LogP contribution in [-0.2, 0) is 45.5 Å². The quantitative estimate of drug-likeness (QED) is 0.0194. The molecule has 332 valence electrons. The molecule has 1 unspecified atom stereocenters. The zero-order valence-corrected chi connectivity index (χ0v) is 37.7. The summed E-state index contributed by atoms with van der Waals surface area (Å²) in [5, 5.41) is 20.5. The van der Waals surface area contributed by atoms with Gasteiger partial charge in [-0.1, -0.05) is 90.2 Å². The highest BCUT2D eigenvalue weighted by Gasteiger charge is 2.27. The van der Waals surface area contributed by atoms with Crippen molar-refractivity contribution in [3.8, 4) is 0 Å². The number of quaternary nitrogens is 1. The van der Waals surface area contributed by atoms with Gasteiger partial charge in [0.05, 0.1) is 40.0 Å². The van der Waals surface area contributed by atoms with Crippen LogP contribution in [0.15, 0.2) is 16.6 Å². The van der Waals surface area contributed by atoms with Crippen LogP contribution in [0.25, 0.3) is 0 Å². The van der Waals surface area contributed by atoms with E-state index in [1.165, 1.54) is 24.0 Å². The number of hydrogen-bond donors (Lipinski definition) is 3. The molecule has 0 aliphatic rings. The zero-order valence-electron chi connectivity index (χ0n) is 36.8. The van der Waals surface area contributed by atoms with Gasteiger partial charge in [0.1, 0.15) is 31.3 Å². The molecule has 0 spiro atoms. The maximum atomic E-state index is 12.7. The largest absolute Gasteiger partial charge is 0.472 e. The van der Waals surface area contributed by atoms with Crippen molar-refractivity contribution < 1.29 is 56.7 Å². The SMILES string of the molecule is CCCCC/C=C\C[C@H](O)[C@@H](O)CCCCCCCC(=O)O[C@H](COC(=O)CCCCCCCCc1oc(CCC)c(C)c1C)COP(=O)(O)OCC[N+](C)(C)C. The molecule has 0 radical (unpaired) electrons. The second-order valence-electron chi connectivity index (χ2n) is 16.6. The Morgan fingerprint density at radius 2 is 1.32 bits per heavy atom. The summed E-state index contributed by atoms with van der Waals surface area (Å²) in [5.74, 6) is 1.28. The van der Waals surface area contributed by atoms with Crippen LogP contribution < -0.4 is 0 Å². The van der Waals surface area contributed by atoms with Gasteiger partial charge in [0.15, 0.2) is 6.10 Å². The topological polar surface area (TPSA) is 162 Å². The fourth-order valence-corrected chi connectivity index (χ4v) is 7.06. The fourth-order valence-electron chi connectivity index (χ4n) is 6.32. The lowest BCUT2D eigenvalue weighted by Gasteiger charge is -2.24. The first-order chi connectivity index (χ1) is 27.1. The van der Waals surface area contributed by atoms with Crippen LogP contribution in [0.2, 0.25) is 0 Å². The van der Waals surface area contributed by atoms with E-state index in [1.54, 1.807) is 0 Å². The molecule has 0 saturated heterocycles. The smallest absolute Gasteiger partial charge is 0.466 e. The molecular weight excluding hydrogens is 749 g/mol. The van der Waals surface area contributed by atoms with Crippen molar-refractivity contribution in [2.24, 2.45) is 0 Å². The van der Waals surface area contributed by atoms with E-state index in [2.05, 4.69) is 33.8 Å². The standard InChI is InChI=1S/C44H80NO11P/c1-8-10-11-12-16-21-27-39(46)40(47)28-22-17-15-20-25-31-44(49)55-38(35-54-57(50,51)53-33-32-45(5,6)7)34-52-43(48)30-24-19-14-13-18-23-29-42-37(4)36(3)41(56-42)26-9-2/h16,21,38-40,46-47H,8-15,17-20,22-35H2,1-7H3/p+1/b21-16-/t38-,39+,40+/m1/s1. The molecule has 0 aliphatic carbocycles. The summed E-state index contributed by atoms with van der Waals surface area (Å²) in [6.07, 6.45) is 20.0. The first kappa shape index (κ1) is 53.0. The van der Waals surface area contributed by atoms with Crippen molar-refractivity contribution in [3.63, 3.8) is 0 Å². The molecule has 12 nitrogen and oxygen atoms in total. The number of aliphatic hydroxyl groups is 2. The molecule has 0 aromatic carbocycles. The summed E-state index contributed by atoms with van der Waals surface area (Å²) in [6, 6.07) is 0. The molecule has 0 fully saturated rings. The third-order valence-corrected chi connectivity index (χ3v) is 11.2. The molecule has 0 aliphatic heterocycles. The van der Waals surface area contributed by atoms with Crippen molar-refractivity contribution in [1.29, 1.82) is 0 Å². The molecule has 1 rings (SSSR count). The lowest BCUT2D eigenvalue weighted by atomic mass is 10.0. The average Bonchev–Trinajstić information content (AvgIpc) is 3.41. The highest BCUT2D eigenvalue weighted by molar-refractivity contribution is 7.47.